The number of anilines is 1. The second-order valence-electron chi connectivity index (χ2n) is 6.21. The average molecular weight is 340 g/mol. The molecule has 2 aromatic rings. The van der Waals surface area contributed by atoms with E-state index in [-0.39, 0.29) is 11.9 Å². The van der Waals surface area contributed by atoms with Gasteiger partial charge in [-0.05, 0) is 39.8 Å². The topological polar surface area (TPSA) is 67.4 Å². The predicted molar refractivity (Wildman–Crippen MR) is 97.8 cm³/mol. The number of carbonyl (C=O) groups is 1. The molecule has 1 N–H and O–H groups in total. The number of amides is 1. The van der Waals surface area contributed by atoms with E-state index < -0.39 is 0 Å². The van der Waals surface area contributed by atoms with E-state index >= 15 is 0 Å². The Hall–Kier alpha value is -2.63. The van der Waals surface area contributed by atoms with Crippen LogP contribution in [0.5, 0.6) is 5.75 Å². The third-order valence-electron chi connectivity index (χ3n) is 4.19. The minimum atomic E-state index is -0.0401. The summed E-state index contributed by atoms with van der Waals surface area (Å²) in [5.41, 5.74) is 2.15. The van der Waals surface area contributed by atoms with Gasteiger partial charge in [-0.25, -0.2) is 9.97 Å². The standard InChI is InChI=1S/C19H24N4O2/c1-5-20-17-14-11-23(12(3)4)19(24)16(14)21-18(22-17)13-9-7-8-10-15(13)25-6-2/h7-10,12H,5-6,11H2,1-4H3,(H,20,21,22). The van der Waals surface area contributed by atoms with Crippen LogP contribution in [-0.2, 0) is 6.54 Å². The Labute approximate surface area is 148 Å². The van der Waals surface area contributed by atoms with Gasteiger partial charge in [-0.3, -0.25) is 4.79 Å². The van der Waals surface area contributed by atoms with Crippen LogP contribution in [0, 0.1) is 0 Å². The summed E-state index contributed by atoms with van der Waals surface area (Å²) >= 11 is 0. The van der Waals surface area contributed by atoms with E-state index in [9.17, 15) is 4.79 Å². The first-order valence-electron chi connectivity index (χ1n) is 8.74. The number of aromatic nitrogens is 2. The SMILES string of the molecule is CCNc1nc(-c2ccccc2OCC)nc2c1CN(C(C)C)C2=O. The van der Waals surface area contributed by atoms with Crippen LogP contribution in [0.3, 0.4) is 0 Å². The number of para-hydroxylation sites is 1. The Kier molecular flexibility index (Phi) is 4.88. The highest BCUT2D eigenvalue weighted by molar-refractivity contribution is 5.98. The molecule has 0 bridgehead atoms. The van der Waals surface area contributed by atoms with Crippen LogP contribution < -0.4 is 10.1 Å². The molecule has 0 saturated heterocycles. The highest BCUT2D eigenvalue weighted by atomic mass is 16.5. The number of benzene rings is 1. The molecule has 3 rings (SSSR count). The highest BCUT2D eigenvalue weighted by Gasteiger charge is 2.34. The van der Waals surface area contributed by atoms with Crippen LogP contribution in [0.2, 0.25) is 0 Å². The normalized spacial score (nSPS) is 13.3. The number of carbonyl (C=O) groups excluding carboxylic acids is 1. The Bertz CT molecular complexity index is 789. The van der Waals surface area contributed by atoms with Crippen molar-refractivity contribution < 1.29 is 9.53 Å². The zero-order valence-electron chi connectivity index (χ0n) is 15.2. The Balaban J connectivity index is 2.13. The first kappa shape index (κ1) is 17.2. The highest BCUT2D eigenvalue weighted by Crippen LogP contribution is 2.33. The van der Waals surface area contributed by atoms with Gasteiger partial charge in [0.15, 0.2) is 5.82 Å². The van der Waals surface area contributed by atoms with Crippen molar-refractivity contribution in [3.05, 3.63) is 35.5 Å². The summed E-state index contributed by atoms with van der Waals surface area (Å²) in [7, 11) is 0. The van der Waals surface area contributed by atoms with E-state index in [1.807, 2.05) is 56.9 Å². The molecule has 0 atom stereocenters. The maximum Gasteiger partial charge on any atom is 0.273 e. The van der Waals surface area contributed by atoms with E-state index in [1.165, 1.54) is 0 Å². The number of hydrogen-bond acceptors (Lipinski definition) is 5. The van der Waals surface area contributed by atoms with Gasteiger partial charge in [0.25, 0.3) is 5.91 Å². The van der Waals surface area contributed by atoms with Crippen molar-refractivity contribution in [1.82, 2.24) is 14.9 Å². The fraction of sp³-hybridized carbons (Fsp3) is 0.421. The monoisotopic (exact) mass is 340 g/mol. The summed E-state index contributed by atoms with van der Waals surface area (Å²) in [6, 6.07) is 7.77. The summed E-state index contributed by atoms with van der Waals surface area (Å²) in [6.45, 7) is 9.80. The molecule has 0 spiro atoms. The van der Waals surface area contributed by atoms with E-state index in [0.717, 1.165) is 29.2 Å². The summed E-state index contributed by atoms with van der Waals surface area (Å²) in [6.07, 6.45) is 0. The summed E-state index contributed by atoms with van der Waals surface area (Å²) in [5.74, 6) is 1.92. The van der Waals surface area contributed by atoms with Crippen LogP contribution in [0.15, 0.2) is 24.3 Å². The molecule has 0 saturated carbocycles. The lowest BCUT2D eigenvalue weighted by Gasteiger charge is -2.19. The maximum atomic E-state index is 12.8. The van der Waals surface area contributed by atoms with Crippen molar-refractivity contribution in [3.8, 4) is 17.1 Å². The molecule has 1 aromatic heterocycles. The number of ether oxygens (including phenoxy) is 1. The summed E-state index contributed by atoms with van der Waals surface area (Å²) < 4.78 is 5.70. The van der Waals surface area contributed by atoms with Crippen LogP contribution in [-0.4, -0.2) is 40.0 Å². The van der Waals surface area contributed by atoms with Crippen molar-refractivity contribution in [1.29, 1.82) is 0 Å². The molecule has 0 aliphatic carbocycles. The molecule has 0 unspecified atom stereocenters. The molecule has 25 heavy (non-hydrogen) atoms. The molecule has 1 aromatic carbocycles. The van der Waals surface area contributed by atoms with Crippen molar-refractivity contribution in [3.63, 3.8) is 0 Å². The lowest BCUT2D eigenvalue weighted by Crippen LogP contribution is -2.31. The lowest BCUT2D eigenvalue weighted by molar-refractivity contribution is 0.0726. The van der Waals surface area contributed by atoms with E-state index in [1.54, 1.807) is 0 Å². The quantitative estimate of drug-likeness (QED) is 0.873. The molecule has 1 amide bonds. The minimum Gasteiger partial charge on any atom is -0.493 e. The molecule has 1 aliphatic rings. The lowest BCUT2D eigenvalue weighted by atomic mass is 10.1. The second kappa shape index (κ2) is 7.09. The first-order chi connectivity index (χ1) is 12.1. The minimum absolute atomic E-state index is 0.0401. The van der Waals surface area contributed by atoms with Gasteiger partial charge in [-0.1, -0.05) is 12.1 Å². The number of hydrogen-bond donors (Lipinski definition) is 1. The Morgan fingerprint density at radius 2 is 2.00 bits per heavy atom. The Morgan fingerprint density at radius 1 is 1.24 bits per heavy atom. The predicted octanol–water partition coefficient (Wildman–Crippen LogP) is 3.34. The zero-order chi connectivity index (χ0) is 18.0. The molecule has 0 fully saturated rings. The van der Waals surface area contributed by atoms with Gasteiger partial charge in [0.1, 0.15) is 17.3 Å². The van der Waals surface area contributed by atoms with Gasteiger partial charge >= 0.3 is 0 Å². The van der Waals surface area contributed by atoms with Crippen molar-refractivity contribution in [2.24, 2.45) is 0 Å². The molecule has 6 heteroatoms. The summed E-state index contributed by atoms with van der Waals surface area (Å²) in [5, 5.41) is 3.28. The van der Waals surface area contributed by atoms with Gasteiger partial charge in [-0.15, -0.1) is 0 Å². The van der Waals surface area contributed by atoms with Crippen molar-refractivity contribution in [2.45, 2.75) is 40.3 Å². The van der Waals surface area contributed by atoms with Gasteiger partial charge in [-0.2, -0.15) is 0 Å². The molecule has 1 aliphatic heterocycles. The number of nitrogens with zero attached hydrogens (tertiary/aromatic N) is 3. The van der Waals surface area contributed by atoms with E-state index in [2.05, 4.69) is 10.3 Å². The number of nitrogens with one attached hydrogen (secondary N) is 1. The molecular weight excluding hydrogens is 316 g/mol. The van der Waals surface area contributed by atoms with Gasteiger partial charge < -0.3 is 15.0 Å². The summed E-state index contributed by atoms with van der Waals surface area (Å²) in [4.78, 5) is 23.9. The molecule has 2 heterocycles. The average Bonchev–Trinajstić information content (AvgIpc) is 2.93. The fourth-order valence-corrected chi connectivity index (χ4v) is 2.97. The van der Waals surface area contributed by atoms with Gasteiger partial charge in [0.2, 0.25) is 0 Å². The van der Waals surface area contributed by atoms with Crippen LogP contribution in [0.1, 0.15) is 43.7 Å². The second-order valence-corrected chi connectivity index (χ2v) is 6.21. The Morgan fingerprint density at radius 3 is 2.68 bits per heavy atom. The number of fused-ring (bicyclic) bond motifs is 1. The van der Waals surface area contributed by atoms with Crippen LogP contribution in [0.25, 0.3) is 11.4 Å². The third-order valence-corrected chi connectivity index (χ3v) is 4.19. The van der Waals surface area contributed by atoms with E-state index in [0.29, 0.717) is 24.7 Å². The van der Waals surface area contributed by atoms with E-state index in [4.69, 9.17) is 9.72 Å². The maximum absolute atomic E-state index is 12.8. The van der Waals surface area contributed by atoms with Crippen LogP contribution >= 0.6 is 0 Å². The zero-order valence-corrected chi connectivity index (χ0v) is 15.2. The van der Waals surface area contributed by atoms with Crippen molar-refractivity contribution in [2.75, 3.05) is 18.5 Å². The molecule has 0 radical (unpaired) electrons. The largest absolute Gasteiger partial charge is 0.493 e. The van der Waals surface area contributed by atoms with Gasteiger partial charge in [0.05, 0.1) is 18.7 Å². The van der Waals surface area contributed by atoms with Crippen LogP contribution in [0.4, 0.5) is 5.82 Å². The molecule has 132 valence electrons. The van der Waals surface area contributed by atoms with Crippen molar-refractivity contribution >= 4 is 11.7 Å². The van der Waals surface area contributed by atoms with Gasteiger partial charge in [0, 0.05) is 18.2 Å². The molecular formula is C19H24N4O2. The smallest absolute Gasteiger partial charge is 0.273 e. The third kappa shape index (κ3) is 3.16. The first-order valence-corrected chi connectivity index (χ1v) is 8.74. The molecule has 6 nitrogen and oxygen atoms in total. The number of rotatable bonds is 6. The fourth-order valence-electron chi connectivity index (χ4n) is 2.97.